The summed E-state index contributed by atoms with van der Waals surface area (Å²) >= 11 is 0. The summed E-state index contributed by atoms with van der Waals surface area (Å²) in [4.78, 5) is 47.8. The second-order valence-corrected chi connectivity index (χ2v) is 7.91. The number of amides is 2. The van der Waals surface area contributed by atoms with Gasteiger partial charge in [-0.05, 0) is 85.7 Å². The zero-order valence-corrected chi connectivity index (χ0v) is 21.1. The zero-order chi connectivity index (χ0) is 27.3. The summed E-state index contributed by atoms with van der Waals surface area (Å²) in [5.74, 6) is -1.45. The molecule has 0 fully saturated rings. The Balaban J connectivity index is 1.48. The summed E-state index contributed by atoms with van der Waals surface area (Å²) in [7, 11) is 0. The van der Waals surface area contributed by atoms with E-state index in [4.69, 9.17) is 9.47 Å². The fourth-order valence-corrected chi connectivity index (χ4v) is 3.24. The van der Waals surface area contributed by atoms with Crippen molar-refractivity contribution in [2.75, 3.05) is 23.8 Å². The third-order valence-corrected chi connectivity index (χ3v) is 5.12. The molecule has 0 saturated heterocycles. The highest BCUT2D eigenvalue weighted by Crippen LogP contribution is 2.13. The number of hydrogen-bond donors (Lipinski definition) is 2. The fourth-order valence-electron chi connectivity index (χ4n) is 3.24. The smallest absolute Gasteiger partial charge is 0.338 e. The van der Waals surface area contributed by atoms with Gasteiger partial charge in [0.1, 0.15) is 0 Å². The largest absolute Gasteiger partial charge is 0.462 e. The fraction of sp³-hybridized carbons (Fsp3) is 0.133. The molecule has 3 aromatic carbocycles. The van der Waals surface area contributed by atoms with Gasteiger partial charge in [0, 0.05) is 23.5 Å². The lowest BCUT2D eigenvalue weighted by atomic mass is 10.1. The monoisotopic (exact) mass is 512 g/mol. The van der Waals surface area contributed by atoms with Gasteiger partial charge in [0.15, 0.2) is 0 Å². The number of rotatable bonds is 10. The van der Waals surface area contributed by atoms with Gasteiger partial charge < -0.3 is 20.1 Å². The molecule has 0 unspecified atom stereocenters. The lowest BCUT2D eigenvalue weighted by Crippen LogP contribution is -2.09. The Bertz CT molecular complexity index is 1220. The first-order valence-corrected chi connectivity index (χ1v) is 12.0. The molecular weight excluding hydrogens is 484 g/mol. The molecule has 8 nitrogen and oxygen atoms in total. The quantitative estimate of drug-likeness (QED) is 0.280. The van der Waals surface area contributed by atoms with E-state index in [1.54, 1.807) is 74.5 Å². The molecule has 0 spiro atoms. The SMILES string of the molecule is CCOC(=O)c1ccc(NC(=O)C=Cc2ccc(C=CC(=O)Nc3ccc(C(=O)OCC)cc3)cc2)cc1. The lowest BCUT2D eigenvalue weighted by molar-refractivity contribution is -0.112. The van der Waals surface area contributed by atoms with Crippen molar-refractivity contribution < 1.29 is 28.7 Å². The van der Waals surface area contributed by atoms with Crippen molar-refractivity contribution in [3.05, 3.63) is 107 Å². The molecule has 0 aliphatic heterocycles. The Morgan fingerprint density at radius 2 is 0.921 bits per heavy atom. The van der Waals surface area contributed by atoms with E-state index in [-0.39, 0.29) is 11.8 Å². The molecule has 38 heavy (non-hydrogen) atoms. The minimum atomic E-state index is -0.411. The third kappa shape index (κ3) is 8.60. The van der Waals surface area contributed by atoms with Crippen LogP contribution in [0.25, 0.3) is 12.2 Å². The minimum absolute atomic E-state index is 0.296. The summed E-state index contributed by atoms with van der Waals surface area (Å²) < 4.78 is 9.88. The van der Waals surface area contributed by atoms with Crippen LogP contribution in [0, 0.1) is 0 Å². The first kappa shape index (κ1) is 27.6. The maximum absolute atomic E-state index is 12.2. The van der Waals surface area contributed by atoms with Crippen LogP contribution in [0.15, 0.2) is 84.9 Å². The number of anilines is 2. The minimum Gasteiger partial charge on any atom is -0.462 e. The highest BCUT2D eigenvalue weighted by molar-refractivity contribution is 6.03. The van der Waals surface area contributed by atoms with Crippen molar-refractivity contribution in [1.29, 1.82) is 0 Å². The topological polar surface area (TPSA) is 111 Å². The number of benzene rings is 3. The van der Waals surface area contributed by atoms with E-state index in [0.29, 0.717) is 35.7 Å². The van der Waals surface area contributed by atoms with Crippen molar-refractivity contribution in [1.82, 2.24) is 0 Å². The van der Waals surface area contributed by atoms with Gasteiger partial charge in [0.2, 0.25) is 11.8 Å². The Morgan fingerprint density at radius 3 is 1.24 bits per heavy atom. The summed E-state index contributed by atoms with van der Waals surface area (Å²) in [5, 5.41) is 5.46. The lowest BCUT2D eigenvalue weighted by Gasteiger charge is -2.05. The summed E-state index contributed by atoms with van der Waals surface area (Å²) in [6.07, 6.45) is 6.15. The van der Waals surface area contributed by atoms with Gasteiger partial charge in [-0.25, -0.2) is 9.59 Å². The molecule has 0 saturated carbocycles. The second kappa shape index (κ2) is 13.9. The van der Waals surface area contributed by atoms with Crippen LogP contribution >= 0.6 is 0 Å². The molecule has 194 valence electrons. The standard InChI is InChI=1S/C30H28N2O6/c1-3-37-29(35)23-11-15-25(16-12-23)31-27(33)19-9-21-5-7-22(8-6-21)10-20-28(34)32-26-17-13-24(14-18-26)30(36)38-4-2/h5-20H,3-4H2,1-2H3,(H,31,33)(H,32,34). The van der Waals surface area contributed by atoms with E-state index in [9.17, 15) is 19.2 Å². The first-order valence-electron chi connectivity index (χ1n) is 12.0. The van der Waals surface area contributed by atoms with Gasteiger partial charge in [0.25, 0.3) is 0 Å². The highest BCUT2D eigenvalue weighted by atomic mass is 16.5. The van der Waals surface area contributed by atoms with Crippen LogP contribution < -0.4 is 10.6 Å². The molecule has 0 heterocycles. The number of nitrogens with one attached hydrogen (secondary N) is 2. The third-order valence-electron chi connectivity index (χ3n) is 5.12. The van der Waals surface area contributed by atoms with Gasteiger partial charge in [0.05, 0.1) is 24.3 Å². The van der Waals surface area contributed by atoms with Crippen LogP contribution in [0.5, 0.6) is 0 Å². The van der Waals surface area contributed by atoms with Gasteiger partial charge in [-0.15, -0.1) is 0 Å². The van der Waals surface area contributed by atoms with E-state index in [2.05, 4.69) is 10.6 Å². The summed E-state index contributed by atoms with van der Waals surface area (Å²) in [6.45, 7) is 4.07. The van der Waals surface area contributed by atoms with Gasteiger partial charge in [-0.3, -0.25) is 9.59 Å². The number of esters is 2. The highest BCUT2D eigenvalue weighted by Gasteiger charge is 2.07. The zero-order valence-electron chi connectivity index (χ0n) is 21.1. The normalized spacial score (nSPS) is 10.8. The maximum atomic E-state index is 12.2. The van der Waals surface area contributed by atoms with E-state index in [1.807, 2.05) is 24.3 Å². The van der Waals surface area contributed by atoms with Crippen LogP contribution in [0.2, 0.25) is 0 Å². The van der Waals surface area contributed by atoms with E-state index < -0.39 is 11.9 Å². The average molecular weight is 513 g/mol. The van der Waals surface area contributed by atoms with E-state index in [0.717, 1.165) is 11.1 Å². The molecular formula is C30H28N2O6. The molecule has 2 N–H and O–H groups in total. The summed E-state index contributed by atoms with van der Waals surface area (Å²) in [5.41, 5.74) is 3.55. The number of carbonyl (C=O) groups is 4. The van der Waals surface area contributed by atoms with E-state index in [1.165, 1.54) is 12.2 Å². The second-order valence-electron chi connectivity index (χ2n) is 7.91. The number of carbonyl (C=O) groups excluding carboxylic acids is 4. The van der Waals surface area contributed by atoms with Crippen LogP contribution in [0.4, 0.5) is 11.4 Å². The molecule has 0 aliphatic rings. The van der Waals surface area contributed by atoms with E-state index >= 15 is 0 Å². The Hall–Kier alpha value is -4.98. The van der Waals surface area contributed by atoms with Crippen molar-refractivity contribution >= 4 is 47.3 Å². The van der Waals surface area contributed by atoms with Gasteiger partial charge in [-0.1, -0.05) is 24.3 Å². The molecule has 0 aliphatic carbocycles. The van der Waals surface area contributed by atoms with Crippen molar-refractivity contribution in [3.63, 3.8) is 0 Å². The molecule has 0 atom stereocenters. The maximum Gasteiger partial charge on any atom is 0.338 e. The van der Waals surface area contributed by atoms with Gasteiger partial charge in [-0.2, -0.15) is 0 Å². The van der Waals surface area contributed by atoms with Crippen LogP contribution in [-0.4, -0.2) is 37.0 Å². The summed E-state index contributed by atoms with van der Waals surface area (Å²) in [6, 6.07) is 20.2. The molecule has 0 aromatic heterocycles. The average Bonchev–Trinajstić information content (AvgIpc) is 2.92. The molecule has 3 aromatic rings. The number of ether oxygens (including phenoxy) is 2. The molecule has 2 amide bonds. The Morgan fingerprint density at radius 1 is 0.579 bits per heavy atom. The first-order chi connectivity index (χ1) is 18.4. The molecule has 8 heteroatoms. The molecule has 0 bridgehead atoms. The van der Waals surface area contributed by atoms with Crippen LogP contribution in [0.1, 0.15) is 45.7 Å². The predicted molar refractivity (Wildman–Crippen MR) is 147 cm³/mol. The Labute approximate surface area is 221 Å². The molecule has 0 radical (unpaired) electrons. The number of hydrogen-bond acceptors (Lipinski definition) is 6. The van der Waals surface area contributed by atoms with Crippen molar-refractivity contribution in [2.45, 2.75) is 13.8 Å². The molecule has 3 rings (SSSR count). The van der Waals surface area contributed by atoms with Crippen molar-refractivity contribution in [2.24, 2.45) is 0 Å². The Kier molecular flexibility index (Phi) is 10.1. The predicted octanol–water partition coefficient (Wildman–Crippen LogP) is 5.34. The van der Waals surface area contributed by atoms with Gasteiger partial charge >= 0.3 is 11.9 Å². The van der Waals surface area contributed by atoms with Crippen LogP contribution in [0.3, 0.4) is 0 Å². The van der Waals surface area contributed by atoms with Crippen molar-refractivity contribution in [3.8, 4) is 0 Å². The van der Waals surface area contributed by atoms with Crippen LogP contribution in [-0.2, 0) is 19.1 Å².